The van der Waals surface area contributed by atoms with Crippen LogP contribution in [0, 0.1) is 17.1 Å². The number of hydrogen-bond donors (Lipinski definition) is 0. The van der Waals surface area contributed by atoms with E-state index in [1.807, 2.05) is 30.3 Å². The molecule has 0 aliphatic rings. The van der Waals surface area contributed by atoms with Crippen molar-refractivity contribution in [1.29, 1.82) is 5.26 Å². The van der Waals surface area contributed by atoms with Crippen LogP contribution < -0.4 is 0 Å². The van der Waals surface area contributed by atoms with Crippen LogP contribution in [0.5, 0.6) is 0 Å². The molecule has 1 unspecified atom stereocenters. The van der Waals surface area contributed by atoms with Crippen LogP contribution in [0.25, 0.3) is 11.2 Å². The second-order valence-electron chi connectivity index (χ2n) is 6.79. The minimum atomic E-state index is -0.682. The summed E-state index contributed by atoms with van der Waals surface area (Å²) in [7, 11) is 0. The van der Waals surface area contributed by atoms with Crippen LogP contribution in [0.15, 0.2) is 54.6 Å². The van der Waals surface area contributed by atoms with Gasteiger partial charge in [-0.15, -0.1) is 5.10 Å². The number of hydrogen-bond acceptors (Lipinski definition) is 5. The fourth-order valence-corrected chi connectivity index (χ4v) is 3.27. The molecule has 2 aromatic carbocycles. The maximum atomic E-state index is 13.4. The quantitative estimate of drug-likeness (QED) is 0.500. The van der Waals surface area contributed by atoms with Gasteiger partial charge in [0.15, 0.2) is 11.2 Å². The van der Waals surface area contributed by atoms with Gasteiger partial charge in [-0.25, -0.2) is 19.0 Å². The molecule has 4 rings (SSSR count). The van der Waals surface area contributed by atoms with Gasteiger partial charge in [-0.3, -0.25) is 0 Å². The lowest BCUT2D eigenvalue weighted by molar-refractivity contribution is 0.627. The topological polar surface area (TPSA) is 80.3 Å². The zero-order chi connectivity index (χ0) is 20.2. The van der Waals surface area contributed by atoms with Gasteiger partial charge in [-0.1, -0.05) is 54.6 Å². The molecule has 0 saturated carbocycles. The standard InChI is InChI=1S/C22H19FN6/c1-2-6-19-25-20(18(13-24)16-9-11-17(23)12-10-16)21-22(26-19)29(28-27-21)14-15-7-4-3-5-8-15/h3-5,7-12,18H,2,6,14H2,1H3. The van der Waals surface area contributed by atoms with Gasteiger partial charge >= 0.3 is 0 Å². The first-order valence-electron chi connectivity index (χ1n) is 9.48. The Bertz CT molecular complexity index is 1160. The van der Waals surface area contributed by atoms with Crippen molar-refractivity contribution < 1.29 is 4.39 Å². The van der Waals surface area contributed by atoms with E-state index in [-0.39, 0.29) is 5.82 Å². The summed E-state index contributed by atoms with van der Waals surface area (Å²) in [5, 5.41) is 18.4. The largest absolute Gasteiger partial charge is 0.234 e. The summed E-state index contributed by atoms with van der Waals surface area (Å²) in [4.78, 5) is 9.30. The Morgan fingerprint density at radius 2 is 1.83 bits per heavy atom. The van der Waals surface area contributed by atoms with E-state index in [9.17, 15) is 9.65 Å². The summed E-state index contributed by atoms with van der Waals surface area (Å²) >= 11 is 0. The molecule has 144 valence electrons. The van der Waals surface area contributed by atoms with Crippen molar-refractivity contribution in [3.8, 4) is 6.07 Å². The fraction of sp³-hybridized carbons (Fsp3) is 0.227. The van der Waals surface area contributed by atoms with Crippen LogP contribution in [-0.4, -0.2) is 25.0 Å². The lowest BCUT2D eigenvalue weighted by Gasteiger charge is -2.11. The van der Waals surface area contributed by atoms with Gasteiger partial charge in [0, 0.05) is 6.42 Å². The van der Waals surface area contributed by atoms with Gasteiger partial charge in [0.05, 0.1) is 18.3 Å². The predicted octanol–water partition coefficient (Wildman–Crippen LogP) is 4.02. The molecule has 2 heterocycles. The summed E-state index contributed by atoms with van der Waals surface area (Å²) in [5.41, 5.74) is 3.34. The van der Waals surface area contributed by atoms with E-state index < -0.39 is 5.92 Å². The molecular formula is C22H19FN6. The summed E-state index contributed by atoms with van der Waals surface area (Å²) in [6, 6.07) is 18.1. The minimum absolute atomic E-state index is 0.348. The normalized spacial score (nSPS) is 12.0. The second-order valence-corrected chi connectivity index (χ2v) is 6.79. The van der Waals surface area contributed by atoms with Crippen LogP contribution in [0.3, 0.4) is 0 Å². The zero-order valence-corrected chi connectivity index (χ0v) is 16.0. The Balaban J connectivity index is 1.84. The number of fused-ring (bicyclic) bond motifs is 1. The monoisotopic (exact) mass is 386 g/mol. The van der Waals surface area contributed by atoms with E-state index in [0.717, 1.165) is 12.0 Å². The molecule has 0 aliphatic heterocycles. The van der Waals surface area contributed by atoms with E-state index in [1.54, 1.807) is 16.8 Å². The third-order valence-corrected chi connectivity index (χ3v) is 4.69. The van der Waals surface area contributed by atoms with Gasteiger partial charge in [-0.2, -0.15) is 5.26 Å². The molecule has 4 aromatic rings. The van der Waals surface area contributed by atoms with Crippen LogP contribution in [0.2, 0.25) is 0 Å². The summed E-state index contributed by atoms with van der Waals surface area (Å²) < 4.78 is 15.1. The molecule has 0 fully saturated rings. The molecule has 0 amide bonds. The smallest absolute Gasteiger partial charge is 0.182 e. The SMILES string of the molecule is CCCc1nc(C(C#N)c2ccc(F)cc2)c2nnn(Cc3ccccc3)c2n1. The van der Waals surface area contributed by atoms with Gasteiger partial charge in [0.1, 0.15) is 17.6 Å². The molecule has 0 N–H and O–H groups in total. The van der Waals surface area contributed by atoms with Gasteiger partial charge in [0.25, 0.3) is 0 Å². The van der Waals surface area contributed by atoms with Gasteiger partial charge in [0.2, 0.25) is 0 Å². The highest BCUT2D eigenvalue weighted by Gasteiger charge is 2.23. The maximum absolute atomic E-state index is 13.4. The number of aromatic nitrogens is 5. The van der Waals surface area contributed by atoms with Crippen molar-refractivity contribution in [3.05, 3.63) is 83.1 Å². The lowest BCUT2D eigenvalue weighted by Crippen LogP contribution is -2.09. The molecule has 0 spiro atoms. The average Bonchev–Trinajstić information content (AvgIpc) is 3.14. The molecule has 0 bridgehead atoms. The van der Waals surface area contributed by atoms with Crippen LogP contribution in [0.4, 0.5) is 4.39 Å². The molecular weight excluding hydrogens is 367 g/mol. The second kappa shape index (κ2) is 8.15. The highest BCUT2D eigenvalue weighted by molar-refractivity contribution is 5.74. The molecule has 1 atom stereocenters. The van der Waals surface area contributed by atoms with E-state index in [1.165, 1.54) is 12.1 Å². The lowest BCUT2D eigenvalue weighted by atomic mass is 9.96. The average molecular weight is 386 g/mol. The highest BCUT2D eigenvalue weighted by Crippen LogP contribution is 2.28. The predicted molar refractivity (Wildman–Crippen MR) is 107 cm³/mol. The number of nitriles is 1. The van der Waals surface area contributed by atoms with Crippen molar-refractivity contribution >= 4 is 11.2 Å². The number of halogens is 1. The number of aryl methyl sites for hydroxylation is 1. The van der Waals surface area contributed by atoms with E-state index in [2.05, 4.69) is 33.3 Å². The summed E-state index contributed by atoms with van der Waals surface area (Å²) in [6.45, 7) is 2.57. The van der Waals surface area contributed by atoms with Gasteiger partial charge < -0.3 is 0 Å². The van der Waals surface area contributed by atoms with Crippen molar-refractivity contribution in [2.45, 2.75) is 32.2 Å². The van der Waals surface area contributed by atoms with Crippen LogP contribution in [0.1, 0.15) is 41.9 Å². The zero-order valence-electron chi connectivity index (χ0n) is 16.0. The van der Waals surface area contributed by atoms with Crippen molar-refractivity contribution in [1.82, 2.24) is 25.0 Å². The van der Waals surface area contributed by atoms with Crippen LogP contribution in [-0.2, 0) is 13.0 Å². The maximum Gasteiger partial charge on any atom is 0.182 e. The highest BCUT2D eigenvalue weighted by atomic mass is 19.1. The summed E-state index contributed by atoms with van der Waals surface area (Å²) in [6.07, 6.45) is 1.56. The Morgan fingerprint density at radius 3 is 2.52 bits per heavy atom. The molecule has 6 nitrogen and oxygen atoms in total. The first-order chi connectivity index (χ1) is 14.2. The fourth-order valence-electron chi connectivity index (χ4n) is 3.27. The van der Waals surface area contributed by atoms with E-state index in [4.69, 9.17) is 0 Å². The van der Waals surface area contributed by atoms with Crippen molar-refractivity contribution in [2.75, 3.05) is 0 Å². The van der Waals surface area contributed by atoms with Crippen molar-refractivity contribution in [2.24, 2.45) is 0 Å². The Labute approximate surface area is 167 Å². The number of rotatable bonds is 6. The van der Waals surface area contributed by atoms with Crippen LogP contribution >= 0.6 is 0 Å². The van der Waals surface area contributed by atoms with Gasteiger partial charge in [-0.05, 0) is 29.7 Å². The first kappa shape index (κ1) is 18.7. The molecule has 2 aromatic heterocycles. The minimum Gasteiger partial charge on any atom is -0.234 e. The third kappa shape index (κ3) is 3.83. The Morgan fingerprint density at radius 1 is 1.07 bits per heavy atom. The van der Waals surface area contributed by atoms with E-state index >= 15 is 0 Å². The molecule has 0 aliphatic carbocycles. The number of nitrogens with zero attached hydrogens (tertiary/aromatic N) is 6. The van der Waals surface area contributed by atoms with E-state index in [0.29, 0.717) is 41.2 Å². The Kier molecular flexibility index (Phi) is 5.25. The molecule has 0 radical (unpaired) electrons. The molecule has 29 heavy (non-hydrogen) atoms. The first-order valence-corrected chi connectivity index (χ1v) is 9.48. The Hall–Kier alpha value is -3.66. The summed E-state index contributed by atoms with van der Waals surface area (Å²) in [5.74, 6) is -0.383. The third-order valence-electron chi connectivity index (χ3n) is 4.69. The van der Waals surface area contributed by atoms with Crippen molar-refractivity contribution in [3.63, 3.8) is 0 Å². The molecule has 7 heteroatoms. The number of benzene rings is 2. The molecule has 0 saturated heterocycles.